The molecule has 6 nitrogen and oxygen atoms in total. The Morgan fingerprint density at radius 3 is 3.00 bits per heavy atom. The van der Waals surface area contributed by atoms with Crippen LogP contribution in [0.3, 0.4) is 0 Å². The summed E-state index contributed by atoms with van der Waals surface area (Å²) in [4.78, 5) is 30.7. The molecule has 3 heterocycles. The molecular formula is C11H10N4O2. The van der Waals surface area contributed by atoms with Crippen molar-refractivity contribution in [2.75, 3.05) is 0 Å². The van der Waals surface area contributed by atoms with E-state index in [0.29, 0.717) is 23.5 Å². The molecule has 1 aliphatic heterocycles. The molecule has 1 saturated heterocycles. The van der Waals surface area contributed by atoms with E-state index in [0.717, 1.165) is 0 Å². The van der Waals surface area contributed by atoms with Crippen LogP contribution in [-0.2, 0) is 4.79 Å². The average Bonchev–Trinajstić information content (AvgIpc) is 2.86. The first-order chi connectivity index (χ1) is 8.16. The van der Waals surface area contributed by atoms with Crippen molar-refractivity contribution in [2.45, 2.75) is 12.3 Å². The molecule has 2 N–H and O–H groups in total. The number of allylic oxidation sites excluding steroid dienone is 1. The number of aromatic nitrogens is 3. The molecule has 6 heteroatoms. The Hall–Kier alpha value is -2.37. The highest BCUT2D eigenvalue weighted by atomic mass is 16.2. The van der Waals surface area contributed by atoms with E-state index >= 15 is 0 Å². The Labute approximate surface area is 96.0 Å². The monoisotopic (exact) mass is 230 g/mol. The van der Waals surface area contributed by atoms with Crippen molar-refractivity contribution in [3.63, 3.8) is 0 Å². The van der Waals surface area contributed by atoms with Gasteiger partial charge in [-0.05, 0) is 0 Å². The van der Waals surface area contributed by atoms with Gasteiger partial charge in [0, 0.05) is 36.3 Å². The number of hydrogen-bond acceptors (Lipinski definition) is 3. The van der Waals surface area contributed by atoms with Gasteiger partial charge in [0.2, 0.25) is 11.7 Å². The number of rotatable bonds is 1. The number of carbonyl (C=O) groups is 1. The molecule has 0 aliphatic carbocycles. The molecule has 1 fully saturated rings. The molecule has 0 radical (unpaired) electrons. The predicted octanol–water partition coefficient (Wildman–Crippen LogP) is 0.140. The molecule has 0 spiro atoms. The lowest BCUT2D eigenvalue weighted by molar-refractivity contribution is -0.120. The average molecular weight is 230 g/mol. The summed E-state index contributed by atoms with van der Waals surface area (Å²) >= 11 is 0. The predicted molar refractivity (Wildman–Crippen MR) is 60.5 cm³/mol. The van der Waals surface area contributed by atoms with Crippen LogP contribution in [-0.4, -0.2) is 20.3 Å². The van der Waals surface area contributed by atoms with E-state index in [-0.39, 0.29) is 11.5 Å². The van der Waals surface area contributed by atoms with Crippen LogP contribution in [0.1, 0.15) is 17.9 Å². The van der Waals surface area contributed by atoms with Crippen LogP contribution in [0.25, 0.3) is 5.78 Å². The Balaban J connectivity index is 2.18. The summed E-state index contributed by atoms with van der Waals surface area (Å²) in [5.74, 6) is -0.199. The first-order valence-electron chi connectivity index (χ1n) is 5.20. The van der Waals surface area contributed by atoms with Gasteiger partial charge in [0.1, 0.15) is 0 Å². The number of nitrogens with zero attached hydrogens (tertiary/aromatic N) is 2. The second kappa shape index (κ2) is 3.31. The van der Waals surface area contributed by atoms with E-state index in [1.165, 1.54) is 10.6 Å². The smallest absolute Gasteiger partial charge is 0.263 e. The SMILES string of the molecule is C=C1CC(c2cnc3[nH]ccn3c2=O)C(=O)N1. The van der Waals surface area contributed by atoms with Gasteiger partial charge < -0.3 is 10.3 Å². The molecule has 86 valence electrons. The molecule has 1 amide bonds. The molecule has 1 unspecified atom stereocenters. The van der Waals surface area contributed by atoms with Crippen LogP contribution >= 0.6 is 0 Å². The second-order valence-electron chi connectivity index (χ2n) is 4.02. The van der Waals surface area contributed by atoms with Crippen molar-refractivity contribution < 1.29 is 4.79 Å². The Morgan fingerprint density at radius 2 is 2.29 bits per heavy atom. The minimum absolute atomic E-state index is 0.190. The highest BCUT2D eigenvalue weighted by Gasteiger charge is 2.31. The van der Waals surface area contributed by atoms with E-state index in [4.69, 9.17) is 0 Å². The van der Waals surface area contributed by atoms with Gasteiger partial charge >= 0.3 is 0 Å². The second-order valence-corrected chi connectivity index (χ2v) is 4.02. The Kier molecular flexibility index (Phi) is 1.91. The fourth-order valence-corrected chi connectivity index (χ4v) is 2.06. The van der Waals surface area contributed by atoms with Gasteiger partial charge in [-0.15, -0.1) is 0 Å². The van der Waals surface area contributed by atoms with Crippen molar-refractivity contribution >= 4 is 11.7 Å². The summed E-state index contributed by atoms with van der Waals surface area (Å²) in [6.45, 7) is 3.69. The van der Waals surface area contributed by atoms with Crippen LogP contribution < -0.4 is 10.9 Å². The fourth-order valence-electron chi connectivity index (χ4n) is 2.06. The largest absolute Gasteiger partial charge is 0.330 e. The quantitative estimate of drug-likeness (QED) is 0.731. The zero-order valence-electron chi connectivity index (χ0n) is 8.93. The van der Waals surface area contributed by atoms with Gasteiger partial charge in [-0.2, -0.15) is 0 Å². The molecule has 0 bridgehead atoms. The molecular weight excluding hydrogens is 220 g/mol. The van der Waals surface area contributed by atoms with Gasteiger partial charge in [0.05, 0.1) is 5.92 Å². The van der Waals surface area contributed by atoms with Crippen LogP contribution in [0, 0.1) is 0 Å². The first kappa shape index (κ1) is 9.83. The molecule has 2 aromatic heterocycles. The van der Waals surface area contributed by atoms with Gasteiger partial charge in [0.25, 0.3) is 5.56 Å². The summed E-state index contributed by atoms with van der Waals surface area (Å²) in [5.41, 5.74) is 0.822. The molecule has 1 aliphatic rings. The van der Waals surface area contributed by atoms with E-state index < -0.39 is 5.92 Å². The van der Waals surface area contributed by atoms with Gasteiger partial charge in [-0.25, -0.2) is 4.98 Å². The normalized spacial score (nSPS) is 19.9. The minimum Gasteiger partial charge on any atom is -0.330 e. The van der Waals surface area contributed by atoms with Crippen LogP contribution in [0.15, 0.2) is 35.7 Å². The molecule has 1 atom stereocenters. The molecule has 3 rings (SSSR count). The minimum atomic E-state index is -0.478. The number of fused-ring (bicyclic) bond motifs is 1. The van der Waals surface area contributed by atoms with E-state index in [9.17, 15) is 9.59 Å². The summed E-state index contributed by atoms with van der Waals surface area (Å²) in [7, 11) is 0. The lowest BCUT2D eigenvalue weighted by Crippen LogP contribution is -2.25. The molecule has 2 aromatic rings. The number of amides is 1. The summed E-state index contributed by atoms with van der Waals surface area (Å²) in [6, 6.07) is 0. The van der Waals surface area contributed by atoms with Crippen molar-refractivity contribution in [3.8, 4) is 0 Å². The standard InChI is InChI=1S/C11H10N4O2/c1-6-4-7(9(16)14-6)8-5-13-11-12-2-3-15(11)10(8)17/h2-3,5,7H,1,4H2,(H,12,13)(H,14,16). The number of hydrogen-bond donors (Lipinski definition) is 2. The highest BCUT2D eigenvalue weighted by molar-refractivity contribution is 5.88. The number of H-pyrrole nitrogens is 1. The first-order valence-corrected chi connectivity index (χ1v) is 5.20. The van der Waals surface area contributed by atoms with E-state index in [1.54, 1.807) is 12.4 Å². The lowest BCUT2D eigenvalue weighted by Gasteiger charge is -2.05. The van der Waals surface area contributed by atoms with Crippen LogP contribution in [0.5, 0.6) is 0 Å². The number of imidazole rings is 1. The summed E-state index contributed by atoms with van der Waals surface area (Å²) in [6.07, 6.45) is 5.13. The third kappa shape index (κ3) is 1.37. The van der Waals surface area contributed by atoms with Gasteiger partial charge in [-0.1, -0.05) is 6.58 Å². The fraction of sp³-hybridized carbons (Fsp3) is 0.182. The topological polar surface area (TPSA) is 79.3 Å². The van der Waals surface area contributed by atoms with Gasteiger partial charge in [-0.3, -0.25) is 14.0 Å². The summed E-state index contributed by atoms with van der Waals surface area (Å²) in [5, 5.41) is 2.62. The maximum Gasteiger partial charge on any atom is 0.263 e. The zero-order valence-corrected chi connectivity index (χ0v) is 8.93. The van der Waals surface area contributed by atoms with Gasteiger partial charge in [0.15, 0.2) is 0 Å². The van der Waals surface area contributed by atoms with E-state index in [1.807, 2.05) is 0 Å². The Morgan fingerprint density at radius 1 is 1.47 bits per heavy atom. The van der Waals surface area contributed by atoms with Crippen molar-refractivity contribution in [3.05, 3.63) is 46.8 Å². The van der Waals surface area contributed by atoms with Crippen molar-refractivity contribution in [1.29, 1.82) is 0 Å². The highest BCUT2D eigenvalue weighted by Crippen LogP contribution is 2.25. The van der Waals surface area contributed by atoms with Crippen molar-refractivity contribution in [1.82, 2.24) is 19.7 Å². The summed E-state index contributed by atoms with van der Waals surface area (Å²) < 4.78 is 1.39. The van der Waals surface area contributed by atoms with Crippen LogP contribution in [0.4, 0.5) is 0 Å². The van der Waals surface area contributed by atoms with Crippen LogP contribution in [0.2, 0.25) is 0 Å². The van der Waals surface area contributed by atoms with E-state index in [2.05, 4.69) is 21.9 Å². The molecule has 0 saturated carbocycles. The number of carbonyl (C=O) groups excluding carboxylic acids is 1. The maximum absolute atomic E-state index is 12.1. The number of nitrogens with one attached hydrogen (secondary N) is 2. The third-order valence-electron chi connectivity index (χ3n) is 2.90. The third-order valence-corrected chi connectivity index (χ3v) is 2.90. The number of aromatic amines is 1. The Bertz CT molecular complexity index is 682. The zero-order chi connectivity index (χ0) is 12.0. The van der Waals surface area contributed by atoms with Crippen molar-refractivity contribution in [2.24, 2.45) is 0 Å². The molecule has 17 heavy (non-hydrogen) atoms. The maximum atomic E-state index is 12.1. The lowest BCUT2D eigenvalue weighted by atomic mass is 10.00. The molecule has 0 aromatic carbocycles.